The summed E-state index contributed by atoms with van der Waals surface area (Å²) in [6, 6.07) is 5.69. The number of non-ortho nitro benzene ring substituents is 1. The molecule has 3 rings (SSSR count). The number of thiazole rings is 1. The maximum absolute atomic E-state index is 11.6. The lowest BCUT2D eigenvalue weighted by Gasteiger charge is -2.34. The first-order valence-corrected chi connectivity index (χ1v) is 10.0. The number of nitrogens with zero attached hydrogens (tertiary/aromatic N) is 3. The van der Waals surface area contributed by atoms with Crippen LogP contribution in [0.2, 0.25) is 0 Å². The quantitative estimate of drug-likeness (QED) is 0.204. The van der Waals surface area contributed by atoms with Crippen LogP contribution in [-0.4, -0.2) is 38.4 Å². The van der Waals surface area contributed by atoms with Gasteiger partial charge < -0.3 is 20.4 Å². The van der Waals surface area contributed by atoms with Gasteiger partial charge in [-0.05, 0) is 37.0 Å². The Kier molecular flexibility index (Phi) is 6.75. The third kappa shape index (κ3) is 5.12. The Morgan fingerprint density at radius 3 is 2.71 bits per heavy atom. The number of carbonyl (C=O) groups excluding carboxylic acids is 1. The predicted molar refractivity (Wildman–Crippen MR) is 110 cm³/mol. The number of carboxylic acid groups (broad SMARTS) is 1. The molecule has 3 N–H and O–H groups in total. The summed E-state index contributed by atoms with van der Waals surface area (Å²) in [5.41, 5.74) is 5.80. The van der Waals surface area contributed by atoms with E-state index in [1.165, 1.54) is 29.6 Å². The van der Waals surface area contributed by atoms with Crippen LogP contribution in [0, 0.1) is 10.1 Å². The number of ether oxygens (including phenoxy) is 1. The van der Waals surface area contributed by atoms with Crippen molar-refractivity contribution in [2.45, 2.75) is 38.1 Å². The standard InChI is InChI=1S/C19H18N4O7S/c20-18-21-15(11-31-18)16(17(25)26)22-30-19(8-2-1-3-13(19)9-24)29-10-12-4-6-14(7-5-12)23(27)28/h4-7,11H,1-3,8,10H2,(H2,20,21)(H,25,26). The topological polar surface area (TPSA) is 167 Å². The number of carbonyl (C=O) groups is 1. The molecule has 0 amide bonds. The zero-order chi connectivity index (χ0) is 22.4. The number of rotatable bonds is 8. The van der Waals surface area contributed by atoms with Crippen molar-refractivity contribution in [1.29, 1.82) is 0 Å². The van der Waals surface area contributed by atoms with Gasteiger partial charge in [0.2, 0.25) is 5.71 Å². The van der Waals surface area contributed by atoms with Crippen LogP contribution in [0.15, 0.2) is 40.4 Å². The van der Waals surface area contributed by atoms with Crippen LogP contribution in [0.5, 0.6) is 0 Å². The van der Waals surface area contributed by atoms with Crippen molar-refractivity contribution in [3.63, 3.8) is 0 Å². The molecule has 1 aliphatic rings. The molecule has 0 saturated heterocycles. The zero-order valence-corrected chi connectivity index (χ0v) is 17.0. The minimum Gasteiger partial charge on any atom is -0.476 e. The number of hydrogen-bond acceptors (Lipinski definition) is 10. The van der Waals surface area contributed by atoms with Crippen molar-refractivity contribution in [2.75, 3.05) is 5.73 Å². The van der Waals surface area contributed by atoms with Crippen molar-refractivity contribution in [3.8, 4) is 0 Å². The number of nitro groups is 1. The van der Waals surface area contributed by atoms with E-state index in [-0.39, 0.29) is 35.1 Å². The molecule has 1 aromatic heterocycles. The number of hydrogen-bond donors (Lipinski definition) is 2. The van der Waals surface area contributed by atoms with E-state index >= 15 is 0 Å². The second kappa shape index (κ2) is 9.47. The third-order valence-corrected chi connectivity index (χ3v) is 5.31. The maximum Gasteiger partial charge on any atom is 0.360 e. The molecule has 0 bridgehead atoms. The molecule has 11 nitrogen and oxygen atoms in total. The molecule has 31 heavy (non-hydrogen) atoms. The van der Waals surface area contributed by atoms with E-state index in [1.54, 1.807) is 0 Å². The SMILES string of the molecule is Nc1nc(C(=NOC2(OCc3ccc([N+](=O)[O-])cc3)CCCCC2=C=O)C(=O)O)cs1. The average Bonchev–Trinajstić information content (AvgIpc) is 3.18. The number of carboxylic acids is 1. The van der Waals surface area contributed by atoms with Crippen LogP contribution in [0.4, 0.5) is 10.8 Å². The number of aliphatic carboxylic acids is 1. The normalized spacial score (nSPS) is 19.0. The fraction of sp³-hybridized carbons (Fsp3) is 0.316. The molecule has 1 fully saturated rings. The fourth-order valence-corrected chi connectivity index (χ4v) is 3.59. The number of nitro benzene ring substituents is 1. The Hall–Kier alpha value is -3.60. The number of nitrogen functional groups attached to an aromatic ring is 1. The molecule has 1 aromatic carbocycles. The molecule has 1 atom stereocenters. The number of nitrogens with two attached hydrogens (primary N) is 1. The predicted octanol–water partition coefficient (Wildman–Crippen LogP) is 2.68. The minimum atomic E-state index is -1.61. The van der Waals surface area contributed by atoms with Crippen molar-refractivity contribution >= 4 is 39.8 Å². The van der Waals surface area contributed by atoms with E-state index in [4.69, 9.17) is 15.3 Å². The van der Waals surface area contributed by atoms with Crippen LogP contribution in [-0.2, 0) is 25.8 Å². The molecular formula is C19H18N4O7S. The first-order chi connectivity index (χ1) is 14.8. The molecule has 1 aliphatic carbocycles. The highest BCUT2D eigenvalue weighted by atomic mass is 32.1. The van der Waals surface area contributed by atoms with E-state index in [9.17, 15) is 24.8 Å². The zero-order valence-electron chi connectivity index (χ0n) is 16.1. The molecule has 1 unspecified atom stereocenters. The minimum absolute atomic E-state index is 0.0213. The van der Waals surface area contributed by atoms with Gasteiger partial charge in [0.05, 0.1) is 17.1 Å². The largest absolute Gasteiger partial charge is 0.476 e. The second-order valence-electron chi connectivity index (χ2n) is 6.66. The fourth-order valence-electron chi connectivity index (χ4n) is 3.04. The Labute approximate surface area is 179 Å². The molecule has 12 heteroatoms. The van der Waals surface area contributed by atoms with Crippen LogP contribution in [0.25, 0.3) is 0 Å². The molecule has 0 spiro atoms. The lowest BCUT2D eigenvalue weighted by molar-refractivity contribution is -0.384. The van der Waals surface area contributed by atoms with Gasteiger partial charge in [-0.15, -0.1) is 11.3 Å². The summed E-state index contributed by atoms with van der Waals surface area (Å²) in [5, 5.41) is 25.6. The van der Waals surface area contributed by atoms with Crippen LogP contribution < -0.4 is 5.73 Å². The van der Waals surface area contributed by atoms with Crippen molar-refractivity contribution in [3.05, 3.63) is 56.6 Å². The van der Waals surface area contributed by atoms with E-state index < -0.39 is 22.4 Å². The highest BCUT2D eigenvalue weighted by Gasteiger charge is 2.42. The molecule has 1 heterocycles. The van der Waals surface area contributed by atoms with Crippen molar-refractivity contribution in [1.82, 2.24) is 4.98 Å². The molecule has 2 aromatic rings. The molecule has 1 saturated carbocycles. The Morgan fingerprint density at radius 1 is 1.39 bits per heavy atom. The number of anilines is 1. The lowest BCUT2D eigenvalue weighted by Crippen LogP contribution is -2.40. The summed E-state index contributed by atoms with van der Waals surface area (Å²) in [6.45, 7) is -0.0508. The van der Waals surface area contributed by atoms with Crippen molar-refractivity contribution in [2.24, 2.45) is 5.16 Å². The summed E-state index contributed by atoms with van der Waals surface area (Å²) in [4.78, 5) is 42.9. The second-order valence-corrected chi connectivity index (χ2v) is 7.55. The van der Waals surface area contributed by atoms with Crippen molar-refractivity contribution < 1.29 is 29.2 Å². The Bertz CT molecular complexity index is 1060. The number of benzene rings is 1. The number of aromatic nitrogens is 1. The van der Waals surface area contributed by atoms with Gasteiger partial charge in [-0.25, -0.2) is 14.6 Å². The Morgan fingerprint density at radius 2 is 2.13 bits per heavy atom. The lowest BCUT2D eigenvalue weighted by atomic mass is 9.89. The van der Waals surface area contributed by atoms with Gasteiger partial charge in [0, 0.05) is 23.9 Å². The van der Waals surface area contributed by atoms with Crippen LogP contribution in [0.3, 0.4) is 0 Å². The highest BCUT2D eigenvalue weighted by Crippen LogP contribution is 2.37. The van der Waals surface area contributed by atoms with Gasteiger partial charge in [0.25, 0.3) is 11.5 Å². The summed E-state index contributed by atoms with van der Waals surface area (Å²) in [7, 11) is 0. The molecule has 162 valence electrons. The summed E-state index contributed by atoms with van der Waals surface area (Å²) in [6.07, 6.45) is 1.97. The first kappa shape index (κ1) is 22.1. The van der Waals surface area contributed by atoms with Gasteiger partial charge in [-0.1, -0.05) is 5.16 Å². The van der Waals surface area contributed by atoms with Gasteiger partial charge in [-0.3, -0.25) is 10.1 Å². The highest BCUT2D eigenvalue weighted by molar-refractivity contribution is 7.13. The van der Waals surface area contributed by atoms with E-state index in [1.807, 2.05) is 5.94 Å². The maximum atomic E-state index is 11.6. The van der Waals surface area contributed by atoms with Gasteiger partial charge in [0.1, 0.15) is 11.6 Å². The van der Waals surface area contributed by atoms with Crippen LogP contribution >= 0.6 is 11.3 Å². The van der Waals surface area contributed by atoms with E-state index in [2.05, 4.69) is 10.1 Å². The summed E-state index contributed by atoms with van der Waals surface area (Å²) >= 11 is 1.05. The third-order valence-electron chi connectivity index (χ3n) is 4.64. The molecule has 0 radical (unpaired) electrons. The van der Waals surface area contributed by atoms with Gasteiger partial charge >= 0.3 is 5.97 Å². The van der Waals surface area contributed by atoms with E-state index in [0.717, 1.165) is 11.3 Å². The monoisotopic (exact) mass is 446 g/mol. The van der Waals surface area contributed by atoms with Gasteiger partial charge in [-0.2, -0.15) is 0 Å². The molecular weight excluding hydrogens is 428 g/mol. The van der Waals surface area contributed by atoms with Crippen LogP contribution in [0.1, 0.15) is 36.9 Å². The summed E-state index contributed by atoms with van der Waals surface area (Å²) < 4.78 is 5.90. The smallest absolute Gasteiger partial charge is 0.360 e. The molecule has 0 aliphatic heterocycles. The first-order valence-electron chi connectivity index (χ1n) is 9.17. The Balaban J connectivity index is 1.87. The van der Waals surface area contributed by atoms with E-state index in [0.29, 0.717) is 24.8 Å². The number of oxime groups is 1. The average molecular weight is 446 g/mol. The van der Waals surface area contributed by atoms with Gasteiger partial charge in [0.15, 0.2) is 5.13 Å². The summed E-state index contributed by atoms with van der Waals surface area (Å²) in [5.74, 6) is -1.16.